The van der Waals surface area contributed by atoms with Gasteiger partial charge in [0.15, 0.2) is 0 Å². The van der Waals surface area contributed by atoms with Gasteiger partial charge in [0, 0.05) is 17.9 Å². The van der Waals surface area contributed by atoms with Crippen molar-refractivity contribution in [2.75, 3.05) is 0 Å². The summed E-state index contributed by atoms with van der Waals surface area (Å²) in [5.41, 5.74) is 3.38. The normalized spacial score (nSPS) is 17.6. The van der Waals surface area contributed by atoms with Gasteiger partial charge in [0.1, 0.15) is 6.07 Å². The number of fused-ring (bicyclic) bond motifs is 1. The Morgan fingerprint density at radius 3 is 2.94 bits per heavy atom. The van der Waals surface area contributed by atoms with Crippen LogP contribution in [-0.2, 0) is 12.8 Å². The van der Waals surface area contributed by atoms with E-state index >= 15 is 0 Å². The largest absolute Gasteiger partial charge is 0.465 e. The number of amides is 1. The predicted molar refractivity (Wildman–Crippen MR) is 56.0 cm³/mol. The van der Waals surface area contributed by atoms with Gasteiger partial charge in [-0.2, -0.15) is 5.26 Å². The highest BCUT2D eigenvalue weighted by Crippen LogP contribution is 2.26. The average molecular weight is 217 g/mol. The number of carbonyl (C=O) groups is 1. The maximum atomic E-state index is 10.6. The summed E-state index contributed by atoms with van der Waals surface area (Å²) in [7, 11) is 0. The van der Waals surface area contributed by atoms with E-state index in [1.54, 1.807) is 6.20 Å². The Bertz CT molecular complexity index is 491. The van der Waals surface area contributed by atoms with Crippen molar-refractivity contribution >= 4 is 6.09 Å². The molecule has 82 valence electrons. The molecule has 1 aliphatic carbocycles. The average Bonchev–Trinajstić information content (AvgIpc) is 2.62. The SMILES string of the molecule is Cc1ncc(C#N)c2c1CC(NC(=O)O)C2. The first-order chi connectivity index (χ1) is 7.61. The molecule has 0 spiro atoms. The fourth-order valence-electron chi connectivity index (χ4n) is 2.14. The number of nitrogens with zero attached hydrogens (tertiary/aromatic N) is 2. The highest BCUT2D eigenvalue weighted by molar-refractivity contribution is 5.65. The lowest BCUT2D eigenvalue weighted by atomic mass is 10.1. The first-order valence-electron chi connectivity index (χ1n) is 4.98. The second-order valence-corrected chi connectivity index (χ2v) is 3.88. The molecule has 2 rings (SSSR count). The van der Waals surface area contributed by atoms with Crippen LogP contribution >= 0.6 is 0 Å². The Morgan fingerprint density at radius 1 is 1.62 bits per heavy atom. The lowest BCUT2D eigenvalue weighted by Crippen LogP contribution is -2.33. The van der Waals surface area contributed by atoms with Crippen LogP contribution in [0.5, 0.6) is 0 Å². The summed E-state index contributed by atoms with van der Waals surface area (Å²) < 4.78 is 0. The summed E-state index contributed by atoms with van der Waals surface area (Å²) in [6.45, 7) is 1.88. The van der Waals surface area contributed by atoms with E-state index in [4.69, 9.17) is 10.4 Å². The number of rotatable bonds is 1. The van der Waals surface area contributed by atoms with Crippen molar-refractivity contribution in [2.24, 2.45) is 0 Å². The molecule has 2 N–H and O–H groups in total. The molecule has 5 heteroatoms. The first kappa shape index (κ1) is 10.4. The zero-order valence-corrected chi connectivity index (χ0v) is 8.82. The van der Waals surface area contributed by atoms with Gasteiger partial charge >= 0.3 is 6.09 Å². The molecule has 0 fully saturated rings. The smallest absolute Gasteiger partial charge is 0.404 e. The van der Waals surface area contributed by atoms with Gasteiger partial charge in [-0.3, -0.25) is 4.98 Å². The molecule has 0 bridgehead atoms. The molecule has 1 atom stereocenters. The zero-order chi connectivity index (χ0) is 11.7. The summed E-state index contributed by atoms with van der Waals surface area (Å²) in [4.78, 5) is 14.7. The number of pyridine rings is 1. The van der Waals surface area contributed by atoms with E-state index in [0.29, 0.717) is 18.4 Å². The second kappa shape index (κ2) is 3.81. The van der Waals surface area contributed by atoms with Crippen LogP contribution in [0, 0.1) is 18.3 Å². The van der Waals surface area contributed by atoms with E-state index < -0.39 is 6.09 Å². The highest BCUT2D eigenvalue weighted by atomic mass is 16.4. The maximum Gasteiger partial charge on any atom is 0.404 e. The van der Waals surface area contributed by atoms with Crippen LogP contribution < -0.4 is 5.32 Å². The summed E-state index contributed by atoms with van der Waals surface area (Å²) in [6, 6.07) is 1.95. The molecule has 0 radical (unpaired) electrons. The van der Waals surface area contributed by atoms with Crippen LogP contribution in [-0.4, -0.2) is 22.2 Å². The summed E-state index contributed by atoms with van der Waals surface area (Å²) >= 11 is 0. The van der Waals surface area contributed by atoms with Gasteiger partial charge in [-0.05, 0) is 30.9 Å². The van der Waals surface area contributed by atoms with Crippen molar-refractivity contribution in [3.05, 3.63) is 28.6 Å². The van der Waals surface area contributed by atoms with E-state index in [0.717, 1.165) is 16.8 Å². The minimum atomic E-state index is -1.03. The number of hydrogen-bond donors (Lipinski definition) is 2. The molecule has 0 aromatic carbocycles. The second-order valence-electron chi connectivity index (χ2n) is 3.88. The van der Waals surface area contributed by atoms with Crippen molar-refractivity contribution in [2.45, 2.75) is 25.8 Å². The van der Waals surface area contributed by atoms with Gasteiger partial charge in [0.25, 0.3) is 0 Å². The molecule has 1 aromatic heterocycles. The summed E-state index contributed by atoms with van der Waals surface area (Å²) in [5, 5.41) is 20.0. The molecule has 1 aromatic rings. The quantitative estimate of drug-likeness (QED) is 0.734. The third kappa shape index (κ3) is 1.70. The molecule has 0 saturated heterocycles. The van der Waals surface area contributed by atoms with Crippen LogP contribution in [0.25, 0.3) is 0 Å². The van der Waals surface area contributed by atoms with E-state index in [1.165, 1.54) is 0 Å². The van der Waals surface area contributed by atoms with E-state index in [2.05, 4.69) is 16.4 Å². The van der Waals surface area contributed by atoms with Gasteiger partial charge in [0.05, 0.1) is 5.56 Å². The summed E-state index contributed by atoms with van der Waals surface area (Å²) in [6.07, 6.45) is 1.73. The zero-order valence-electron chi connectivity index (χ0n) is 8.82. The molecule has 1 amide bonds. The van der Waals surface area contributed by atoms with Crippen LogP contribution in [0.4, 0.5) is 4.79 Å². The molecule has 5 nitrogen and oxygen atoms in total. The number of carboxylic acid groups (broad SMARTS) is 1. The summed E-state index contributed by atoms with van der Waals surface area (Å²) in [5.74, 6) is 0. The Morgan fingerprint density at radius 2 is 2.31 bits per heavy atom. The highest BCUT2D eigenvalue weighted by Gasteiger charge is 2.27. The van der Waals surface area contributed by atoms with Crippen LogP contribution in [0.1, 0.15) is 22.4 Å². The van der Waals surface area contributed by atoms with Crippen molar-refractivity contribution in [1.29, 1.82) is 5.26 Å². The van der Waals surface area contributed by atoms with Gasteiger partial charge in [0.2, 0.25) is 0 Å². The number of aryl methyl sites for hydroxylation is 1. The Hall–Kier alpha value is -2.09. The molecule has 16 heavy (non-hydrogen) atoms. The molecule has 1 aliphatic rings. The topological polar surface area (TPSA) is 86.0 Å². The van der Waals surface area contributed by atoms with Crippen molar-refractivity contribution in [3.63, 3.8) is 0 Å². The molecule has 1 heterocycles. The number of nitrogens with one attached hydrogen (secondary N) is 1. The number of nitriles is 1. The maximum absolute atomic E-state index is 10.6. The van der Waals surface area contributed by atoms with E-state index in [9.17, 15) is 4.79 Å². The number of hydrogen-bond acceptors (Lipinski definition) is 3. The standard InChI is InChI=1S/C11H11N3O2/c1-6-9-2-8(14-11(15)16)3-10(9)7(4-12)5-13-6/h5,8,14H,2-3H2,1H3,(H,15,16). The van der Waals surface area contributed by atoms with Crippen LogP contribution in [0.3, 0.4) is 0 Å². The Labute approximate surface area is 92.7 Å². The molecular weight excluding hydrogens is 206 g/mol. The van der Waals surface area contributed by atoms with Crippen molar-refractivity contribution in [1.82, 2.24) is 10.3 Å². The Kier molecular flexibility index (Phi) is 2.49. The third-order valence-corrected chi connectivity index (χ3v) is 2.86. The van der Waals surface area contributed by atoms with Crippen LogP contribution in [0.2, 0.25) is 0 Å². The third-order valence-electron chi connectivity index (χ3n) is 2.86. The first-order valence-corrected chi connectivity index (χ1v) is 4.98. The minimum absolute atomic E-state index is 0.137. The monoisotopic (exact) mass is 217 g/mol. The van der Waals surface area contributed by atoms with Crippen molar-refractivity contribution < 1.29 is 9.90 Å². The molecule has 1 unspecified atom stereocenters. The van der Waals surface area contributed by atoms with E-state index in [-0.39, 0.29) is 6.04 Å². The fraction of sp³-hybridized carbons (Fsp3) is 0.364. The van der Waals surface area contributed by atoms with Crippen LogP contribution in [0.15, 0.2) is 6.20 Å². The van der Waals surface area contributed by atoms with Crippen molar-refractivity contribution in [3.8, 4) is 6.07 Å². The molecule has 0 saturated carbocycles. The molecular formula is C11H11N3O2. The minimum Gasteiger partial charge on any atom is -0.465 e. The lowest BCUT2D eigenvalue weighted by molar-refractivity contribution is 0.190. The molecule has 0 aliphatic heterocycles. The number of aromatic nitrogens is 1. The predicted octanol–water partition coefficient (Wildman–Crippen LogP) is 0.997. The van der Waals surface area contributed by atoms with Gasteiger partial charge < -0.3 is 10.4 Å². The van der Waals surface area contributed by atoms with Gasteiger partial charge in [-0.1, -0.05) is 0 Å². The van der Waals surface area contributed by atoms with E-state index in [1.807, 2.05) is 6.92 Å². The fourth-order valence-corrected chi connectivity index (χ4v) is 2.14. The van der Waals surface area contributed by atoms with Gasteiger partial charge in [-0.25, -0.2) is 4.79 Å². The van der Waals surface area contributed by atoms with Gasteiger partial charge in [-0.15, -0.1) is 0 Å². The Balaban J connectivity index is 2.33. The lowest BCUT2D eigenvalue weighted by Gasteiger charge is -2.07.